The number of rotatable bonds is 7. The van der Waals surface area contributed by atoms with E-state index in [0.717, 1.165) is 17.9 Å². The van der Waals surface area contributed by atoms with Crippen LogP contribution in [-0.2, 0) is 11.3 Å². The fraction of sp³-hybridized carbons (Fsp3) is 0.600. The van der Waals surface area contributed by atoms with Crippen molar-refractivity contribution in [1.29, 1.82) is 0 Å². The van der Waals surface area contributed by atoms with Crippen molar-refractivity contribution < 1.29 is 9.53 Å². The Morgan fingerprint density at radius 1 is 1.27 bits per heavy atom. The third-order valence-electron chi connectivity index (χ3n) is 3.99. The van der Waals surface area contributed by atoms with Crippen LogP contribution in [0.2, 0.25) is 0 Å². The van der Waals surface area contributed by atoms with Crippen LogP contribution in [0.5, 0.6) is 5.75 Å². The molecule has 0 unspecified atom stereocenters. The van der Waals surface area contributed by atoms with E-state index in [1.54, 1.807) is 7.05 Å². The van der Waals surface area contributed by atoms with Gasteiger partial charge < -0.3 is 20.7 Å². The van der Waals surface area contributed by atoms with Crippen molar-refractivity contribution in [3.05, 3.63) is 29.3 Å². The van der Waals surface area contributed by atoms with E-state index in [-0.39, 0.29) is 18.0 Å². The molecule has 1 aliphatic rings. The van der Waals surface area contributed by atoms with Crippen LogP contribution in [-0.4, -0.2) is 37.6 Å². The fourth-order valence-corrected chi connectivity index (χ4v) is 2.46. The van der Waals surface area contributed by atoms with Crippen molar-refractivity contribution in [2.24, 2.45) is 10.9 Å². The average molecular weight is 361 g/mol. The number of nitrogens with one attached hydrogen (secondary N) is 3. The molecule has 0 aromatic heterocycles. The Balaban J connectivity index is 1.86. The number of guanidine groups is 1. The summed E-state index contributed by atoms with van der Waals surface area (Å²) in [5.41, 5.74) is 2.02. The van der Waals surface area contributed by atoms with E-state index in [2.05, 4.69) is 46.1 Å². The molecule has 1 aromatic carbocycles. The smallest absolute Gasteiger partial charge is 0.239 e. The molecule has 0 aliphatic heterocycles. The van der Waals surface area contributed by atoms with Crippen LogP contribution in [0, 0.1) is 12.8 Å². The summed E-state index contributed by atoms with van der Waals surface area (Å²) in [6.07, 6.45) is 2.54. The molecule has 1 aromatic rings. The predicted molar refractivity (Wildman–Crippen MR) is 105 cm³/mol. The molecular weight excluding hydrogens is 328 g/mol. The summed E-state index contributed by atoms with van der Waals surface area (Å²) in [5, 5.41) is 9.20. The lowest BCUT2D eigenvalue weighted by molar-refractivity contribution is -0.121. The number of carbonyl (C=O) groups excluding carboxylic acids is 1. The van der Waals surface area contributed by atoms with E-state index in [1.807, 2.05) is 20.8 Å². The first-order valence-corrected chi connectivity index (χ1v) is 9.24. The molecule has 26 heavy (non-hydrogen) atoms. The van der Waals surface area contributed by atoms with Crippen LogP contribution in [0.1, 0.15) is 44.7 Å². The van der Waals surface area contributed by atoms with Gasteiger partial charge in [-0.15, -0.1) is 0 Å². The van der Waals surface area contributed by atoms with Crippen molar-refractivity contribution in [2.75, 3.05) is 20.2 Å². The molecule has 2 rings (SSSR count). The summed E-state index contributed by atoms with van der Waals surface area (Å²) < 4.78 is 6.00. The van der Waals surface area contributed by atoms with Gasteiger partial charge in [-0.05, 0) is 58.1 Å². The maximum Gasteiger partial charge on any atom is 0.239 e. The van der Waals surface area contributed by atoms with Gasteiger partial charge in [0.2, 0.25) is 5.91 Å². The van der Waals surface area contributed by atoms with Gasteiger partial charge in [-0.2, -0.15) is 0 Å². The second kappa shape index (κ2) is 8.92. The number of benzene rings is 1. The van der Waals surface area contributed by atoms with Gasteiger partial charge in [-0.25, -0.2) is 0 Å². The molecule has 3 N–H and O–H groups in total. The highest BCUT2D eigenvalue weighted by Gasteiger charge is 2.22. The molecule has 0 spiro atoms. The quantitative estimate of drug-likeness (QED) is 0.515. The molecule has 0 saturated heterocycles. The molecule has 144 valence electrons. The molecule has 0 atom stereocenters. The summed E-state index contributed by atoms with van der Waals surface area (Å²) in [4.78, 5) is 16.1. The molecule has 1 aliphatic carbocycles. The SMILES string of the molecule is CN=C(NCC(=O)NC(C)(C)C)NCc1ccc(C)cc1OCC1CC1. The second-order valence-electron chi connectivity index (χ2n) is 7.94. The van der Waals surface area contributed by atoms with Crippen molar-refractivity contribution in [2.45, 2.75) is 52.6 Å². The van der Waals surface area contributed by atoms with Crippen LogP contribution in [0.15, 0.2) is 23.2 Å². The number of hydrogen-bond acceptors (Lipinski definition) is 3. The zero-order chi connectivity index (χ0) is 19.2. The minimum atomic E-state index is -0.245. The first-order chi connectivity index (χ1) is 12.3. The van der Waals surface area contributed by atoms with Crippen molar-refractivity contribution in [3.8, 4) is 5.75 Å². The standard InChI is InChI=1S/C20H32N4O2/c1-14-6-9-16(17(10-14)26-13-15-7-8-15)11-22-19(21-5)23-12-18(25)24-20(2,3)4/h6,9-10,15H,7-8,11-13H2,1-5H3,(H,24,25)(H2,21,22,23). The average Bonchev–Trinajstić information content (AvgIpc) is 3.37. The van der Waals surface area contributed by atoms with E-state index >= 15 is 0 Å². The Morgan fingerprint density at radius 3 is 2.62 bits per heavy atom. The van der Waals surface area contributed by atoms with Crippen molar-refractivity contribution in [1.82, 2.24) is 16.0 Å². The highest BCUT2D eigenvalue weighted by molar-refractivity contribution is 5.86. The van der Waals surface area contributed by atoms with E-state index in [1.165, 1.54) is 18.4 Å². The van der Waals surface area contributed by atoms with Crippen LogP contribution in [0.25, 0.3) is 0 Å². The Labute approximate surface area is 156 Å². The number of nitrogens with zero attached hydrogens (tertiary/aromatic N) is 1. The zero-order valence-electron chi connectivity index (χ0n) is 16.6. The lowest BCUT2D eigenvalue weighted by Gasteiger charge is -2.21. The molecule has 6 nitrogen and oxygen atoms in total. The number of aliphatic imine (C=N–C) groups is 1. The first-order valence-electron chi connectivity index (χ1n) is 9.24. The number of aryl methyl sites for hydroxylation is 1. The number of amides is 1. The van der Waals surface area contributed by atoms with Gasteiger partial charge in [0.25, 0.3) is 0 Å². The highest BCUT2D eigenvalue weighted by atomic mass is 16.5. The molecule has 0 heterocycles. The maximum absolute atomic E-state index is 11.9. The molecule has 6 heteroatoms. The van der Waals surface area contributed by atoms with Gasteiger partial charge in [0.1, 0.15) is 5.75 Å². The monoisotopic (exact) mass is 360 g/mol. The van der Waals surface area contributed by atoms with Crippen LogP contribution < -0.4 is 20.7 Å². The first kappa shape index (κ1) is 20.1. The van der Waals surface area contributed by atoms with Gasteiger partial charge >= 0.3 is 0 Å². The van der Waals surface area contributed by atoms with E-state index in [9.17, 15) is 4.79 Å². The van der Waals surface area contributed by atoms with Crippen molar-refractivity contribution >= 4 is 11.9 Å². The third-order valence-corrected chi connectivity index (χ3v) is 3.99. The minimum absolute atomic E-state index is 0.0655. The summed E-state index contributed by atoms with van der Waals surface area (Å²) in [5.74, 6) is 2.16. The van der Waals surface area contributed by atoms with E-state index < -0.39 is 0 Å². The van der Waals surface area contributed by atoms with Gasteiger partial charge in [0, 0.05) is 24.7 Å². The minimum Gasteiger partial charge on any atom is -0.493 e. The largest absolute Gasteiger partial charge is 0.493 e. The lowest BCUT2D eigenvalue weighted by atomic mass is 10.1. The number of carbonyl (C=O) groups is 1. The molecular formula is C20H32N4O2. The second-order valence-corrected chi connectivity index (χ2v) is 7.94. The Bertz CT molecular complexity index is 646. The number of ether oxygens (including phenoxy) is 1. The van der Waals surface area contributed by atoms with Crippen LogP contribution in [0.4, 0.5) is 0 Å². The zero-order valence-corrected chi connectivity index (χ0v) is 16.6. The van der Waals surface area contributed by atoms with Gasteiger partial charge in [-0.3, -0.25) is 9.79 Å². The molecule has 0 bridgehead atoms. The van der Waals surface area contributed by atoms with Gasteiger partial charge in [-0.1, -0.05) is 12.1 Å². The van der Waals surface area contributed by atoms with Crippen LogP contribution >= 0.6 is 0 Å². The molecule has 0 radical (unpaired) electrons. The van der Waals surface area contributed by atoms with Gasteiger partial charge in [0.15, 0.2) is 5.96 Å². The third kappa shape index (κ3) is 7.33. The summed E-state index contributed by atoms with van der Waals surface area (Å²) in [6, 6.07) is 6.23. The Kier molecular flexibility index (Phi) is 6.89. The molecule has 1 fully saturated rings. The van der Waals surface area contributed by atoms with Crippen molar-refractivity contribution in [3.63, 3.8) is 0 Å². The topological polar surface area (TPSA) is 74.8 Å². The summed E-state index contributed by atoms with van der Waals surface area (Å²) >= 11 is 0. The molecule has 1 amide bonds. The van der Waals surface area contributed by atoms with E-state index in [4.69, 9.17) is 4.74 Å². The van der Waals surface area contributed by atoms with E-state index in [0.29, 0.717) is 18.4 Å². The number of hydrogen-bond donors (Lipinski definition) is 3. The molecule has 1 saturated carbocycles. The maximum atomic E-state index is 11.9. The normalized spacial score (nSPS) is 14.7. The Hall–Kier alpha value is -2.24. The summed E-state index contributed by atoms with van der Waals surface area (Å²) in [6.45, 7) is 9.48. The predicted octanol–water partition coefficient (Wildman–Crippen LogP) is 2.36. The Morgan fingerprint density at radius 2 is 2.00 bits per heavy atom. The fourth-order valence-electron chi connectivity index (χ4n) is 2.46. The highest BCUT2D eigenvalue weighted by Crippen LogP contribution is 2.30. The van der Waals surface area contributed by atoms with Gasteiger partial charge in [0.05, 0.1) is 13.2 Å². The summed E-state index contributed by atoms with van der Waals surface area (Å²) in [7, 11) is 1.69. The van der Waals surface area contributed by atoms with Crippen LogP contribution in [0.3, 0.4) is 0 Å². The lowest BCUT2D eigenvalue weighted by Crippen LogP contribution is -2.48.